The zero-order valence-electron chi connectivity index (χ0n) is 26.0. The summed E-state index contributed by atoms with van der Waals surface area (Å²) in [6, 6.07) is 38.0. The molecule has 0 aliphatic rings. The van der Waals surface area contributed by atoms with Gasteiger partial charge in [0.05, 0.1) is 22.4 Å². The SMILES string of the molecule is CC(=O)/C=C(/C)[O-].Cc1cc(C)cc(-c2ccc3ccccc3n2)c1.Cc1cc(C)cc(-c2ccc3ccccc3n2)c1.[Ir]. The molecule has 44 heavy (non-hydrogen) atoms. The van der Waals surface area contributed by atoms with Crippen molar-refractivity contribution in [3.8, 4) is 22.5 Å². The molecule has 0 aliphatic heterocycles. The van der Waals surface area contributed by atoms with Crippen molar-refractivity contribution < 1.29 is 30.0 Å². The van der Waals surface area contributed by atoms with E-state index in [-0.39, 0.29) is 31.6 Å². The van der Waals surface area contributed by atoms with Crippen molar-refractivity contribution in [3.63, 3.8) is 0 Å². The van der Waals surface area contributed by atoms with Crippen LogP contribution in [0.4, 0.5) is 0 Å². The van der Waals surface area contributed by atoms with Crippen LogP contribution in [-0.4, -0.2) is 15.8 Å². The molecular weight excluding hydrogens is 721 g/mol. The van der Waals surface area contributed by atoms with Gasteiger partial charge in [-0.1, -0.05) is 89.8 Å². The van der Waals surface area contributed by atoms with Crippen LogP contribution in [0, 0.1) is 27.7 Å². The fraction of sp³-hybridized carbons (Fsp3) is 0.154. The van der Waals surface area contributed by atoms with Crippen molar-refractivity contribution in [1.82, 2.24) is 9.97 Å². The van der Waals surface area contributed by atoms with E-state index < -0.39 is 0 Å². The topological polar surface area (TPSA) is 65.9 Å². The number of carbonyl (C=O) groups is 1. The second-order valence-electron chi connectivity index (χ2n) is 10.9. The molecule has 225 valence electrons. The van der Waals surface area contributed by atoms with Crippen molar-refractivity contribution in [2.75, 3.05) is 0 Å². The average molecular weight is 758 g/mol. The predicted octanol–water partition coefficient (Wildman–Crippen LogP) is 8.87. The molecule has 0 saturated heterocycles. The smallest absolute Gasteiger partial charge is 0.151 e. The van der Waals surface area contributed by atoms with Gasteiger partial charge >= 0.3 is 0 Å². The number of fused-ring (bicyclic) bond motifs is 2. The van der Waals surface area contributed by atoms with Gasteiger partial charge in [0.15, 0.2) is 5.78 Å². The molecule has 0 spiro atoms. The standard InChI is InChI=1S/2C17H15N.C5H8O2.Ir/c2*1-12-9-13(2)11-15(10-12)17-8-7-14-5-3-4-6-16(14)18-17;1-4(6)3-5(2)7;/h2*3-11H,1-2H3;3,6H,1-2H3;/p-1/b;;4-3-;. The summed E-state index contributed by atoms with van der Waals surface area (Å²) in [7, 11) is 0. The Hall–Kier alpha value is -4.44. The number of nitrogens with zero attached hydrogens (tertiary/aromatic N) is 2. The molecule has 0 aliphatic carbocycles. The van der Waals surface area contributed by atoms with E-state index in [4.69, 9.17) is 9.97 Å². The summed E-state index contributed by atoms with van der Waals surface area (Å²) in [6.07, 6.45) is 1.06. The van der Waals surface area contributed by atoms with Gasteiger partial charge in [0.25, 0.3) is 0 Å². The minimum absolute atomic E-state index is 0. The van der Waals surface area contributed by atoms with Crippen LogP contribution in [0.3, 0.4) is 0 Å². The molecular formula is C39H37IrN2O2-. The van der Waals surface area contributed by atoms with Crippen LogP contribution in [0.15, 0.2) is 121 Å². The molecule has 1 radical (unpaired) electrons. The van der Waals surface area contributed by atoms with E-state index >= 15 is 0 Å². The molecule has 0 bridgehead atoms. The summed E-state index contributed by atoms with van der Waals surface area (Å²) >= 11 is 0. The first-order valence-electron chi connectivity index (χ1n) is 14.3. The van der Waals surface area contributed by atoms with E-state index in [1.807, 2.05) is 24.3 Å². The Morgan fingerprint density at radius 1 is 0.568 bits per heavy atom. The normalized spacial score (nSPS) is 10.6. The zero-order valence-corrected chi connectivity index (χ0v) is 28.4. The Morgan fingerprint density at radius 2 is 0.932 bits per heavy atom. The number of hydrogen-bond acceptors (Lipinski definition) is 4. The number of allylic oxidation sites excluding steroid dienone is 2. The first-order chi connectivity index (χ1) is 20.6. The summed E-state index contributed by atoms with van der Waals surface area (Å²) in [5.74, 6) is -0.375. The quantitative estimate of drug-likeness (QED) is 0.134. The molecule has 0 fully saturated rings. The molecule has 0 atom stereocenters. The van der Waals surface area contributed by atoms with E-state index in [2.05, 4.69) is 113 Å². The third-order valence-electron chi connectivity index (χ3n) is 6.64. The number of ketones is 1. The Labute approximate surface area is 273 Å². The van der Waals surface area contributed by atoms with Crippen LogP contribution < -0.4 is 5.11 Å². The van der Waals surface area contributed by atoms with Crippen LogP contribution in [0.5, 0.6) is 0 Å². The monoisotopic (exact) mass is 758 g/mol. The molecule has 2 heterocycles. The third kappa shape index (κ3) is 9.80. The van der Waals surface area contributed by atoms with Gasteiger partial charge in [0.1, 0.15) is 0 Å². The van der Waals surface area contributed by atoms with E-state index in [1.165, 1.54) is 58.0 Å². The van der Waals surface area contributed by atoms with Crippen LogP contribution >= 0.6 is 0 Å². The van der Waals surface area contributed by atoms with Crippen LogP contribution in [0.1, 0.15) is 36.1 Å². The van der Waals surface area contributed by atoms with E-state index in [0.29, 0.717) is 0 Å². The maximum atomic E-state index is 9.98. The van der Waals surface area contributed by atoms with Gasteiger partial charge in [0.2, 0.25) is 0 Å². The largest absolute Gasteiger partial charge is 0.876 e. The minimum atomic E-state index is -0.187. The van der Waals surface area contributed by atoms with Gasteiger partial charge in [-0.15, -0.1) is 5.76 Å². The molecule has 5 heteroatoms. The van der Waals surface area contributed by atoms with Gasteiger partial charge in [0, 0.05) is 42.0 Å². The summed E-state index contributed by atoms with van der Waals surface area (Å²) in [4.78, 5) is 19.4. The van der Waals surface area contributed by atoms with Crippen molar-refractivity contribution >= 4 is 27.6 Å². The van der Waals surface area contributed by atoms with Crippen LogP contribution in [0.25, 0.3) is 44.3 Å². The van der Waals surface area contributed by atoms with Gasteiger partial charge in [-0.25, -0.2) is 9.97 Å². The van der Waals surface area contributed by atoms with Crippen molar-refractivity contribution in [3.05, 3.63) is 143 Å². The molecule has 6 rings (SSSR count). The Kier molecular flexibility index (Phi) is 12.3. The zero-order chi connectivity index (χ0) is 30.9. The number of pyridine rings is 2. The molecule has 6 aromatic rings. The van der Waals surface area contributed by atoms with Gasteiger partial charge in [-0.05, 0) is 89.2 Å². The summed E-state index contributed by atoms with van der Waals surface area (Å²) in [5, 5.41) is 12.3. The van der Waals surface area contributed by atoms with Crippen molar-refractivity contribution in [2.24, 2.45) is 0 Å². The Morgan fingerprint density at radius 3 is 1.25 bits per heavy atom. The van der Waals surface area contributed by atoms with Gasteiger partial charge in [-0.2, -0.15) is 0 Å². The number of aryl methyl sites for hydroxylation is 4. The van der Waals surface area contributed by atoms with Crippen LogP contribution in [-0.2, 0) is 24.9 Å². The van der Waals surface area contributed by atoms with Crippen molar-refractivity contribution in [1.29, 1.82) is 0 Å². The van der Waals surface area contributed by atoms with E-state index in [9.17, 15) is 9.90 Å². The number of carbonyl (C=O) groups excluding carboxylic acids is 1. The number of rotatable bonds is 3. The Balaban J connectivity index is 0.000000196. The first-order valence-corrected chi connectivity index (χ1v) is 14.3. The number of hydrogen-bond donors (Lipinski definition) is 0. The molecule has 0 N–H and O–H groups in total. The third-order valence-corrected chi connectivity index (χ3v) is 6.64. The molecule has 4 aromatic carbocycles. The summed E-state index contributed by atoms with van der Waals surface area (Å²) < 4.78 is 0. The molecule has 0 unspecified atom stereocenters. The maximum Gasteiger partial charge on any atom is 0.151 e. The van der Waals surface area contributed by atoms with Crippen LogP contribution in [0.2, 0.25) is 0 Å². The summed E-state index contributed by atoms with van der Waals surface area (Å²) in [6.45, 7) is 11.2. The average Bonchev–Trinajstić information content (AvgIpc) is 2.95. The number of para-hydroxylation sites is 2. The summed E-state index contributed by atoms with van der Waals surface area (Å²) in [5.41, 5.74) is 11.7. The van der Waals surface area contributed by atoms with Crippen molar-refractivity contribution in [2.45, 2.75) is 41.5 Å². The first kappa shape index (κ1) is 34.1. The second kappa shape index (κ2) is 15.9. The van der Waals surface area contributed by atoms with E-state index in [1.54, 1.807) is 0 Å². The molecule has 4 nitrogen and oxygen atoms in total. The maximum absolute atomic E-state index is 9.98. The van der Waals surface area contributed by atoms with Gasteiger partial charge < -0.3 is 5.11 Å². The molecule has 0 amide bonds. The molecule has 0 saturated carbocycles. The number of benzene rings is 4. The second-order valence-corrected chi connectivity index (χ2v) is 10.9. The Bertz CT molecular complexity index is 1760. The molecule has 2 aromatic heterocycles. The fourth-order valence-electron chi connectivity index (χ4n) is 4.98. The minimum Gasteiger partial charge on any atom is -0.876 e. The van der Waals surface area contributed by atoms with Gasteiger partial charge in [-0.3, -0.25) is 4.79 Å². The number of aromatic nitrogens is 2. The van der Waals surface area contributed by atoms with E-state index in [0.717, 1.165) is 28.5 Å². The predicted molar refractivity (Wildman–Crippen MR) is 178 cm³/mol. The fourth-order valence-corrected chi connectivity index (χ4v) is 4.98.